The number of fused-ring (bicyclic) bond motifs is 1. The van der Waals surface area contributed by atoms with Gasteiger partial charge >= 0.3 is 5.97 Å². The second-order valence-corrected chi connectivity index (χ2v) is 7.76. The molecule has 1 heterocycles. The maximum absolute atomic E-state index is 11.9. The first-order chi connectivity index (χ1) is 12.8. The molecular formula is C21H31N3O3. The Labute approximate surface area is 161 Å². The summed E-state index contributed by atoms with van der Waals surface area (Å²) in [7, 11) is 0. The molecule has 0 amide bonds. The van der Waals surface area contributed by atoms with E-state index in [0.717, 1.165) is 36.4 Å². The van der Waals surface area contributed by atoms with E-state index in [1.807, 2.05) is 32.9 Å². The Morgan fingerprint density at radius 3 is 2.89 bits per heavy atom. The molecule has 0 radical (unpaired) electrons. The summed E-state index contributed by atoms with van der Waals surface area (Å²) in [6, 6.07) is 6.16. The fraction of sp³-hybridized carbons (Fsp3) is 0.571. The van der Waals surface area contributed by atoms with Crippen molar-refractivity contribution in [3.8, 4) is 5.75 Å². The first-order valence-corrected chi connectivity index (χ1v) is 9.58. The minimum atomic E-state index is -0.529. The van der Waals surface area contributed by atoms with E-state index in [1.54, 1.807) is 0 Å². The van der Waals surface area contributed by atoms with Crippen LogP contribution in [0.3, 0.4) is 0 Å². The van der Waals surface area contributed by atoms with E-state index in [-0.39, 0.29) is 18.4 Å². The van der Waals surface area contributed by atoms with E-state index in [4.69, 9.17) is 14.9 Å². The van der Waals surface area contributed by atoms with Crippen LogP contribution in [0.4, 0.5) is 5.69 Å². The molecule has 0 saturated heterocycles. The lowest BCUT2D eigenvalue weighted by molar-refractivity contribution is -0.152. The van der Waals surface area contributed by atoms with Crippen LogP contribution in [-0.4, -0.2) is 43.2 Å². The molecule has 0 aliphatic carbocycles. The Hall–Kier alpha value is -2.37. The van der Waals surface area contributed by atoms with Gasteiger partial charge in [-0.1, -0.05) is 6.92 Å². The summed E-state index contributed by atoms with van der Waals surface area (Å²) >= 11 is 0. The normalized spacial score (nSPS) is 16.9. The zero-order valence-electron chi connectivity index (χ0n) is 16.8. The lowest BCUT2D eigenvalue weighted by Gasteiger charge is -2.26. The fourth-order valence-corrected chi connectivity index (χ4v) is 3.02. The van der Waals surface area contributed by atoms with Gasteiger partial charge in [-0.3, -0.25) is 9.79 Å². The smallest absolute Gasteiger partial charge is 0.328 e. The highest BCUT2D eigenvalue weighted by atomic mass is 16.6. The van der Waals surface area contributed by atoms with Crippen molar-refractivity contribution in [2.75, 3.05) is 25.0 Å². The highest BCUT2D eigenvalue weighted by Crippen LogP contribution is 2.37. The highest BCUT2D eigenvalue weighted by molar-refractivity contribution is 6.29. The van der Waals surface area contributed by atoms with Crippen LogP contribution in [-0.2, 0) is 9.53 Å². The van der Waals surface area contributed by atoms with Crippen molar-refractivity contribution < 1.29 is 14.3 Å². The fourth-order valence-electron chi connectivity index (χ4n) is 3.02. The number of carbonyl (C=O) groups excluding carboxylic acids is 1. The van der Waals surface area contributed by atoms with E-state index in [0.29, 0.717) is 18.7 Å². The number of ether oxygens (including phenoxy) is 2. The monoisotopic (exact) mass is 373 g/mol. The molecule has 1 aromatic carbocycles. The molecule has 6 nitrogen and oxygen atoms in total. The maximum Gasteiger partial charge on any atom is 0.328 e. The van der Waals surface area contributed by atoms with Crippen LogP contribution in [0, 0.1) is 5.41 Å². The predicted molar refractivity (Wildman–Crippen MR) is 110 cm³/mol. The van der Waals surface area contributed by atoms with Crippen molar-refractivity contribution in [3.63, 3.8) is 0 Å². The summed E-state index contributed by atoms with van der Waals surface area (Å²) in [5, 5.41) is 11.1. The molecule has 1 atom stereocenters. The highest BCUT2D eigenvalue weighted by Gasteiger charge is 2.23. The number of carbonyl (C=O) groups is 1. The van der Waals surface area contributed by atoms with Gasteiger partial charge in [0.1, 0.15) is 17.9 Å². The molecule has 148 valence electrons. The molecule has 1 unspecified atom stereocenters. The number of esters is 1. The van der Waals surface area contributed by atoms with E-state index >= 15 is 0 Å². The van der Waals surface area contributed by atoms with Crippen molar-refractivity contribution in [1.82, 2.24) is 0 Å². The molecular weight excluding hydrogens is 342 g/mol. The lowest BCUT2D eigenvalue weighted by atomic mass is 9.88. The Balaban J connectivity index is 2.08. The summed E-state index contributed by atoms with van der Waals surface area (Å²) in [5.74, 6) is 0.737. The Morgan fingerprint density at radius 1 is 1.44 bits per heavy atom. The summed E-state index contributed by atoms with van der Waals surface area (Å²) in [4.78, 5) is 16.2. The van der Waals surface area contributed by atoms with Gasteiger partial charge in [0.05, 0.1) is 12.3 Å². The molecule has 27 heavy (non-hydrogen) atoms. The molecule has 2 N–H and O–H groups in total. The zero-order chi connectivity index (χ0) is 19.9. The molecule has 0 aromatic heterocycles. The first kappa shape index (κ1) is 20.9. The van der Waals surface area contributed by atoms with Crippen LogP contribution >= 0.6 is 0 Å². The van der Waals surface area contributed by atoms with E-state index in [9.17, 15) is 4.79 Å². The topological polar surface area (TPSA) is 83.8 Å². The number of rotatable bonds is 8. The van der Waals surface area contributed by atoms with Crippen molar-refractivity contribution in [3.05, 3.63) is 23.8 Å². The molecule has 0 spiro atoms. The SMILES string of the molecule is CCCNc1ccc2c(c1)C(CC(C=N)=NCC(=O)OC(C)(C)C)CCO2. The van der Waals surface area contributed by atoms with Gasteiger partial charge in [-0.15, -0.1) is 0 Å². The number of nitrogens with zero attached hydrogens (tertiary/aromatic N) is 1. The number of hydrogen-bond acceptors (Lipinski definition) is 6. The van der Waals surface area contributed by atoms with Gasteiger partial charge in [0.2, 0.25) is 0 Å². The van der Waals surface area contributed by atoms with Gasteiger partial charge in [-0.25, -0.2) is 0 Å². The number of hydrogen-bond donors (Lipinski definition) is 2. The third kappa shape index (κ3) is 6.70. The summed E-state index contributed by atoms with van der Waals surface area (Å²) in [6.07, 6.45) is 3.77. The largest absolute Gasteiger partial charge is 0.493 e. The Kier molecular flexibility index (Phi) is 7.39. The van der Waals surface area contributed by atoms with Crippen LogP contribution in [0.1, 0.15) is 58.4 Å². The Morgan fingerprint density at radius 2 is 2.22 bits per heavy atom. The Bertz CT molecular complexity index is 692. The molecule has 0 bridgehead atoms. The maximum atomic E-state index is 11.9. The second-order valence-electron chi connectivity index (χ2n) is 7.76. The van der Waals surface area contributed by atoms with Crippen molar-refractivity contribution in [2.24, 2.45) is 4.99 Å². The van der Waals surface area contributed by atoms with Gasteiger partial charge in [0.15, 0.2) is 0 Å². The van der Waals surface area contributed by atoms with Gasteiger partial charge < -0.3 is 20.2 Å². The molecule has 0 saturated carbocycles. The molecule has 1 aliphatic rings. The van der Waals surface area contributed by atoms with E-state index in [2.05, 4.69) is 23.3 Å². The third-order valence-electron chi connectivity index (χ3n) is 4.21. The average Bonchev–Trinajstić information content (AvgIpc) is 2.62. The molecule has 1 aliphatic heterocycles. The predicted octanol–water partition coefficient (Wildman–Crippen LogP) is 4.20. The van der Waals surface area contributed by atoms with Gasteiger partial charge in [0, 0.05) is 18.4 Å². The first-order valence-electron chi connectivity index (χ1n) is 9.58. The van der Waals surface area contributed by atoms with Gasteiger partial charge in [-0.05, 0) is 69.7 Å². The number of benzene rings is 1. The number of anilines is 1. The van der Waals surface area contributed by atoms with Crippen molar-refractivity contribution in [1.29, 1.82) is 5.41 Å². The third-order valence-corrected chi connectivity index (χ3v) is 4.21. The van der Waals surface area contributed by atoms with E-state index < -0.39 is 5.60 Å². The molecule has 1 aromatic rings. The number of nitrogens with one attached hydrogen (secondary N) is 2. The standard InChI is InChI=1S/C21H31N3O3/c1-5-9-23-16-6-7-19-18(12-16)15(8-10-26-19)11-17(13-22)24-14-20(25)27-21(2,3)4/h6-7,12-13,15,22-23H,5,8-11,14H2,1-4H3. The summed E-state index contributed by atoms with van der Waals surface area (Å²) < 4.78 is 11.1. The average molecular weight is 373 g/mol. The van der Waals surface area contributed by atoms with Crippen LogP contribution in [0.15, 0.2) is 23.2 Å². The molecule has 6 heteroatoms. The van der Waals surface area contributed by atoms with Gasteiger partial charge in [0.25, 0.3) is 0 Å². The van der Waals surface area contributed by atoms with E-state index in [1.165, 1.54) is 6.21 Å². The quantitative estimate of drug-likeness (QED) is 0.528. The second kappa shape index (κ2) is 9.53. The zero-order valence-corrected chi connectivity index (χ0v) is 16.8. The van der Waals surface area contributed by atoms with Crippen molar-refractivity contribution in [2.45, 2.75) is 58.5 Å². The minimum absolute atomic E-state index is 0.0594. The summed E-state index contributed by atoms with van der Waals surface area (Å²) in [6.45, 7) is 9.13. The van der Waals surface area contributed by atoms with Crippen molar-refractivity contribution >= 4 is 23.6 Å². The van der Waals surface area contributed by atoms with Crippen LogP contribution in [0.25, 0.3) is 0 Å². The van der Waals surface area contributed by atoms with Crippen LogP contribution in [0.2, 0.25) is 0 Å². The van der Waals surface area contributed by atoms with Gasteiger partial charge in [-0.2, -0.15) is 0 Å². The van der Waals surface area contributed by atoms with Crippen LogP contribution in [0.5, 0.6) is 5.75 Å². The minimum Gasteiger partial charge on any atom is -0.493 e. The van der Waals surface area contributed by atoms with Crippen LogP contribution < -0.4 is 10.1 Å². The summed E-state index contributed by atoms with van der Waals surface area (Å²) in [5.41, 5.74) is 2.28. The number of aliphatic imine (C=N–C) groups is 1. The molecule has 0 fully saturated rings. The molecule has 2 rings (SSSR count). The lowest BCUT2D eigenvalue weighted by Crippen LogP contribution is -2.26.